The van der Waals surface area contributed by atoms with Crippen molar-refractivity contribution >= 4 is 22.8 Å². The third kappa shape index (κ3) is 5.00. The number of likely N-dealkylation sites (tertiary alicyclic amines) is 1. The number of carbonyl (C=O) groups excluding carboxylic acids is 2. The SMILES string of the molecule is COc1ccc(C(=O)NC(C)c2nc3ccccc3n2CC(=O)N2CCCCCC2)cc1OC. The van der Waals surface area contributed by atoms with Crippen LogP contribution in [0.2, 0.25) is 0 Å². The molecule has 0 saturated carbocycles. The van der Waals surface area contributed by atoms with Gasteiger partial charge in [0.2, 0.25) is 5.91 Å². The fraction of sp³-hybridized carbons (Fsp3) is 0.423. The molecule has 2 heterocycles. The van der Waals surface area contributed by atoms with E-state index in [1.165, 1.54) is 20.0 Å². The van der Waals surface area contributed by atoms with E-state index in [1.54, 1.807) is 25.3 Å². The minimum atomic E-state index is -0.412. The first-order valence-corrected chi connectivity index (χ1v) is 11.8. The number of para-hydroxylation sites is 2. The molecule has 2 aromatic carbocycles. The first-order valence-electron chi connectivity index (χ1n) is 11.8. The van der Waals surface area contributed by atoms with Gasteiger partial charge in [-0.3, -0.25) is 9.59 Å². The second-order valence-corrected chi connectivity index (χ2v) is 8.60. The summed E-state index contributed by atoms with van der Waals surface area (Å²) in [4.78, 5) is 32.9. The van der Waals surface area contributed by atoms with Crippen molar-refractivity contribution in [3.05, 3.63) is 53.9 Å². The monoisotopic (exact) mass is 464 g/mol. The number of carbonyl (C=O) groups is 2. The Bertz CT molecular complexity index is 1160. The summed E-state index contributed by atoms with van der Waals surface area (Å²) in [6.07, 6.45) is 4.42. The van der Waals surface area contributed by atoms with Gasteiger partial charge in [0, 0.05) is 18.7 Å². The molecular weight excluding hydrogens is 432 g/mol. The topological polar surface area (TPSA) is 85.7 Å². The van der Waals surface area contributed by atoms with E-state index < -0.39 is 6.04 Å². The zero-order valence-electron chi connectivity index (χ0n) is 20.0. The molecule has 4 rings (SSSR count). The highest BCUT2D eigenvalue weighted by Crippen LogP contribution is 2.28. The van der Waals surface area contributed by atoms with Crippen LogP contribution in [0, 0.1) is 0 Å². The second kappa shape index (κ2) is 10.6. The number of nitrogens with zero attached hydrogens (tertiary/aromatic N) is 3. The molecule has 0 bridgehead atoms. The van der Waals surface area contributed by atoms with Crippen molar-refractivity contribution in [1.29, 1.82) is 0 Å². The molecule has 0 aliphatic carbocycles. The van der Waals surface area contributed by atoms with Crippen LogP contribution in [0.25, 0.3) is 11.0 Å². The first kappa shape index (κ1) is 23.6. The minimum absolute atomic E-state index is 0.0877. The molecular formula is C26H32N4O4. The predicted octanol–water partition coefficient (Wildman–Crippen LogP) is 3.95. The molecule has 1 N–H and O–H groups in total. The van der Waals surface area contributed by atoms with Gasteiger partial charge in [0.05, 0.1) is 31.3 Å². The Hall–Kier alpha value is -3.55. The van der Waals surface area contributed by atoms with Crippen molar-refractivity contribution in [3.63, 3.8) is 0 Å². The summed E-state index contributed by atoms with van der Waals surface area (Å²) in [6.45, 7) is 3.68. The third-order valence-corrected chi connectivity index (χ3v) is 6.32. The lowest BCUT2D eigenvalue weighted by Crippen LogP contribution is -2.36. The zero-order valence-corrected chi connectivity index (χ0v) is 20.0. The third-order valence-electron chi connectivity index (χ3n) is 6.32. The summed E-state index contributed by atoms with van der Waals surface area (Å²) in [7, 11) is 3.09. The first-order chi connectivity index (χ1) is 16.5. The Morgan fingerprint density at radius 3 is 2.41 bits per heavy atom. The molecule has 1 saturated heterocycles. The number of ether oxygens (including phenoxy) is 2. The number of fused-ring (bicyclic) bond motifs is 1. The van der Waals surface area contributed by atoms with Crippen LogP contribution in [0.3, 0.4) is 0 Å². The lowest BCUT2D eigenvalue weighted by atomic mass is 10.1. The summed E-state index contributed by atoms with van der Waals surface area (Å²) >= 11 is 0. The van der Waals surface area contributed by atoms with E-state index in [2.05, 4.69) is 5.32 Å². The average Bonchev–Trinajstić information content (AvgIpc) is 3.02. The predicted molar refractivity (Wildman–Crippen MR) is 130 cm³/mol. The van der Waals surface area contributed by atoms with Crippen LogP contribution < -0.4 is 14.8 Å². The molecule has 0 radical (unpaired) electrons. The zero-order chi connectivity index (χ0) is 24.1. The highest BCUT2D eigenvalue weighted by atomic mass is 16.5. The number of nitrogens with one attached hydrogen (secondary N) is 1. The Morgan fingerprint density at radius 2 is 1.71 bits per heavy atom. The van der Waals surface area contributed by atoms with Gasteiger partial charge in [-0.25, -0.2) is 4.98 Å². The molecule has 3 aromatic rings. The van der Waals surface area contributed by atoms with Crippen LogP contribution in [-0.4, -0.2) is 53.6 Å². The summed E-state index contributed by atoms with van der Waals surface area (Å²) < 4.78 is 12.5. The summed E-state index contributed by atoms with van der Waals surface area (Å²) in [6, 6.07) is 12.4. The van der Waals surface area contributed by atoms with Crippen molar-refractivity contribution in [3.8, 4) is 11.5 Å². The van der Waals surface area contributed by atoms with Gasteiger partial charge in [-0.05, 0) is 50.1 Å². The normalized spacial score (nSPS) is 15.0. The van der Waals surface area contributed by atoms with Gasteiger partial charge >= 0.3 is 0 Å². The molecule has 1 aliphatic rings. The van der Waals surface area contributed by atoms with Gasteiger partial charge in [-0.15, -0.1) is 0 Å². The van der Waals surface area contributed by atoms with Crippen molar-refractivity contribution < 1.29 is 19.1 Å². The largest absolute Gasteiger partial charge is 0.493 e. The molecule has 1 atom stereocenters. The molecule has 1 aromatic heterocycles. The molecule has 1 fully saturated rings. The van der Waals surface area contributed by atoms with Crippen molar-refractivity contribution in [2.75, 3.05) is 27.3 Å². The van der Waals surface area contributed by atoms with Crippen LogP contribution in [0.1, 0.15) is 54.8 Å². The molecule has 8 nitrogen and oxygen atoms in total. The summed E-state index contributed by atoms with van der Waals surface area (Å²) in [5.74, 6) is 1.52. The number of rotatable bonds is 7. The Labute approximate surface area is 199 Å². The Balaban J connectivity index is 1.58. The summed E-state index contributed by atoms with van der Waals surface area (Å²) in [5.41, 5.74) is 2.13. The maximum atomic E-state index is 13.2. The Kier molecular flexibility index (Phi) is 7.35. The highest BCUT2D eigenvalue weighted by molar-refractivity contribution is 5.95. The molecule has 8 heteroatoms. The number of imidazole rings is 1. The number of aromatic nitrogens is 2. The highest BCUT2D eigenvalue weighted by Gasteiger charge is 2.23. The fourth-order valence-corrected chi connectivity index (χ4v) is 4.47. The average molecular weight is 465 g/mol. The maximum absolute atomic E-state index is 13.2. The molecule has 0 spiro atoms. The molecule has 180 valence electrons. The number of amides is 2. The van der Waals surface area contributed by atoms with E-state index in [-0.39, 0.29) is 18.4 Å². The van der Waals surface area contributed by atoms with E-state index in [4.69, 9.17) is 14.5 Å². The van der Waals surface area contributed by atoms with E-state index in [0.29, 0.717) is 22.9 Å². The Morgan fingerprint density at radius 1 is 1.00 bits per heavy atom. The number of hydrogen-bond donors (Lipinski definition) is 1. The van der Waals surface area contributed by atoms with Gasteiger partial charge in [-0.1, -0.05) is 25.0 Å². The van der Waals surface area contributed by atoms with Crippen LogP contribution in [0.15, 0.2) is 42.5 Å². The lowest BCUT2D eigenvalue weighted by Gasteiger charge is -2.22. The van der Waals surface area contributed by atoms with Crippen LogP contribution in [-0.2, 0) is 11.3 Å². The molecule has 1 unspecified atom stereocenters. The van der Waals surface area contributed by atoms with Gasteiger partial charge in [0.15, 0.2) is 11.5 Å². The van der Waals surface area contributed by atoms with Crippen molar-refractivity contribution in [1.82, 2.24) is 19.8 Å². The van der Waals surface area contributed by atoms with E-state index >= 15 is 0 Å². The van der Waals surface area contributed by atoms with Crippen LogP contribution in [0.4, 0.5) is 0 Å². The number of hydrogen-bond acceptors (Lipinski definition) is 5. The molecule has 1 aliphatic heterocycles. The quantitative estimate of drug-likeness (QED) is 0.572. The van der Waals surface area contributed by atoms with Gasteiger partial charge in [0.25, 0.3) is 5.91 Å². The molecule has 34 heavy (non-hydrogen) atoms. The lowest BCUT2D eigenvalue weighted by molar-refractivity contribution is -0.131. The van der Waals surface area contributed by atoms with Crippen molar-refractivity contribution in [2.45, 2.75) is 45.2 Å². The van der Waals surface area contributed by atoms with Gasteiger partial charge in [0.1, 0.15) is 12.4 Å². The van der Waals surface area contributed by atoms with E-state index in [0.717, 1.165) is 37.0 Å². The van der Waals surface area contributed by atoms with E-state index in [1.807, 2.05) is 40.7 Å². The van der Waals surface area contributed by atoms with Gasteiger partial charge < -0.3 is 24.3 Å². The van der Waals surface area contributed by atoms with Crippen LogP contribution >= 0.6 is 0 Å². The van der Waals surface area contributed by atoms with Crippen LogP contribution in [0.5, 0.6) is 11.5 Å². The molecule has 2 amide bonds. The minimum Gasteiger partial charge on any atom is -0.493 e. The fourth-order valence-electron chi connectivity index (χ4n) is 4.47. The van der Waals surface area contributed by atoms with Crippen molar-refractivity contribution in [2.24, 2.45) is 0 Å². The summed E-state index contributed by atoms with van der Waals surface area (Å²) in [5, 5.41) is 3.02. The van der Waals surface area contributed by atoms with Gasteiger partial charge in [-0.2, -0.15) is 0 Å². The number of methoxy groups -OCH3 is 2. The standard InChI is InChI=1S/C26H32N4O4/c1-18(27-26(32)19-12-13-22(33-2)23(16-19)34-3)25-28-20-10-6-7-11-21(20)30(25)17-24(31)29-14-8-4-5-9-15-29/h6-7,10-13,16,18H,4-5,8-9,14-15,17H2,1-3H3,(H,27,32). The maximum Gasteiger partial charge on any atom is 0.251 e. The second-order valence-electron chi connectivity index (χ2n) is 8.60. The smallest absolute Gasteiger partial charge is 0.251 e. The number of benzene rings is 2. The van der Waals surface area contributed by atoms with E-state index in [9.17, 15) is 9.59 Å².